The maximum absolute atomic E-state index is 12.5. The Bertz CT molecular complexity index is 544. The SMILES string of the molecule is COCCN(CCOC)C(=O)CN1C(=O)COc2cccnc21. The Balaban J connectivity index is 2.09. The first kappa shape index (κ1) is 17.2. The summed E-state index contributed by atoms with van der Waals surface area (Å²) in [4.78, 5) is 31.7. The molecule has 2 amide bonds. The van der Waals surface area contributed by atoms with E-state index >= 15 is 0 Å². The largest absolute Gasteiger partial charge is 0.480 e. The van der Waals surface area contributed by atoms with Crippen molar-refractivity contribution in [1.82, 2.24) is 9.88 Å². The molecule has 23 heavy (non-hydrogen) atoms. The second-order valence-electron chi connectivity index (χ2n) is 4.96. The van der Waals surface area contributed by atoms with Gasteiger partial charge < -0.3 is 19.1 Å². The number of hydrogen-bond acceptors (Lipinski definition) is 6. The first-order valence-corrected chi connectivity index (χ1v) is 7.31. The number of aromatic nitrogens is 1. The number of amides is 2. The summed E-state index contributed by atoms with van der Waals surface area (Å²) in [6.45, 7) is 1.53. The minimum absolute atomic E-state index is 0.0837. The predicted molar refractivity (Wildman–Crippen MR) is 82.4 cm³/mol. The number of methoxy groups -OCH3 is 2. The van der Waals surface area contributed by atoms with Gasteiger partial charge in [0.05, 0.1) is 13.2 Å². The van der Waals surface area contributed by atoms with Gasteiger partial charge in [0, 0.05) is 33.5 Å². The molecular formula is C15H21N3O5. The molecule has 126 valence electrons. The van der Waals surface area contributed by atoms with E-state index in [0.29, 0.717) is 37.9 Å². The van der Waals surface area contributed by atoms with Gasteiger partial charge in [-0.3, -0.25) is 14.5 Å². The van der Waals surface area contributed by atoms with Crippen molar-refractivity contribution in [2.75, 3.05) is 58.6 Å². The van der Waals surface area contributed by atoms with Crippen LogP contribution in [0.15, 0.2) is 18.3 Å². The number of hydrogen-bond donors (Lipinski definition) is 0. The van der Waals surface area contributed by atoms with E-state index < -0.39 is 0 Å². The Hall–Kier alpha value is -2.19. The lowest BCUT2D eigenvalue weighted by atomic mass is 10.3. The van der Waals surface area contributed by atoms with Crippen molar-refractivity contribution in [2.24, 2.45) is 0 Å². The molecule has 0 aliphatic carbocycles. The first-order chi connectivity index (χ1) is 11.2. The van der Waals surface area contributed by atoms with Crippen LogP contribution in [0.1, 0.15) is 0 Å². The highest BCUT2D eigenvalue weighted by molar-refractivity contribution is 6.01. The quantitative estimate of drug-likeness (QED) is 0.666. The molecule has 1 aromatic heterocycles. The molecule has 0 bridgehead atoms. The molecule has 8 nitrogen and oxygen atoms in total. The Kier molecular flexibility index (Phi) is 6.30. The van der Waals surface area contributed by atoms with Crippen LogP contribution < -0.4 is 9.64 Å². The summed E-state index contributed by atoms with van der Waals surface area (Å²) in [6.07, 6.45) is 1.56. The van der Waals surface area contributed by atoms with Crippen LogP contribution in [0, 0.1) is 0 Å². The number of nitrogens with zero attached hydrogens (tertiary/aromatic N) is 3. The van der Waals surface area contributed by atoms with Crippen LogP contribution in [-0.4, -0.2) is 75.4 Å². The molecule has 1 aromatic rings. The molecule has 0 fully saturated rings. The summed E-state index contributed by atoms with van der Waals surface area (Å²) < 4.78 is 15.4. The third-order valence-corrected chi connectivity index (χ3v) is 3.44. The lowest BCUT2D eigenvalue weighted by molar-refractivity contribution is -0.133. The summed E-state index contributed by atoms with van der Waals surface area (Å²) in [6, 6.07) is 3.44. The topological polar surface area (TPSA) is 81.2 Å². The van der Waals surface area contributed by atoms with Crippen molar-refractivity contribution in [3.63, 3.8) is 0 Å². The van der Waals surface area contributed by atoms with Crippen molar-refractivity contribution >= 4 is 17.6 Å². The normalized spacial score (nSPS) is 13.5. The number of pyridine rings is 1. The molecule has 0 aromatic carbocycles. The van der Waals surface area contributed by atoms with Crippen molar-refractivity contribution in [2.45, 2.75) is 0 Å². The molecule has 1 aliphatic rings. The summed E-state index contributed by atoms with van der Waals surface area (Å²) >= 11 is 0. The molecule has 0 saturated carbocycles. The molecule has 0 saturated heterocycles. The zero-order valence-corrected chi connectivity index (χ0v) is 13.4. The monoisotopic (exact) mass is 323 g/mol. The van der Waals surface area contributed by atoms with E-state index in [1.54, 1.807) is 37.4 Å². The van der Waals surface area contributed by atoms with E-state index in [2.05, 4.69) is 4.98 Å². The van der Waals surface area contributed by atoms with Gasteiger partial charge in [-0.25, -0.2) is 4.98 Å². The van der Waals surface area contributed by atoms with Crippen LogP contribution in [0.3, 0.4) is 0 Å². The third-order valence-electron chi connectivity index (χ3n) is 3.44. The van der Waals surface area contributed by atoms with E-state index in [0.717, 1.165) is 0 Å². The van der Waals surface area contributed by atoms with E-state index in [9.17, 15) is 9.59 Å². The number of rotatable bonds is 8. The summed E-state index contributed by atoms with van der Waals surface area (Å²) in [7, 11) is 3.15. The van der Waals surface area contributed by atoms with Gasteiger partial charge in [0.1, 0.15) is 6.54 Å². The molecule has 1 aliphatic heterocycles. The van der Waals surface area contributed by atoms with Gasteiger partial charge >= 0.3 is 0 Å². The predicted octanol–water partition coefficient (Wildman–Crippen LogP) is -0.0716. The Morgan fingerprint density at radius 3 is 2.70 bits per heavy atom. The highest BCUT2D eigenvalue weighted by Crippen LogP contribution is 2.28. The summed E-state index contributed by atoms with van der Waals surface area (Å²) in [5.41, 5.74) is 0. The van der Waals surface area contributed by atoms with Gasteiger partial charge in [-0.05, 0) is 12.1 Å². The lowest BCUT2D eigenvalue weighted by Crippen LogP contribution is -2.48. The molecule has 0 unspecified atom stereocenters. The molecule has 2 rings (SSSR count). The zero-order chi connectivity index (χ0) is 16.7. The Labute approximate surface area is 134 Å². The second kappa shape index (κ2) is 8.44. The van der Waals surface area contributed by atoms with Crippen molar-refractivity contribution in [3.05, 3.63) is 18.3 Å². The minimum atomic E-state index is -0.289. The maximum atomic E-state index is 12.5. The average Bonchev–Trinajstić information content (AvgIpc) is 2.57. The number of carbonyl (C=O) groups excluding carboxylic acids is 2. The zero-order valence-electron chi connectivity index (χ0n) is 13.4. The standard InChI is InChI=1S/C15H21N3O5/c1-21-8-6-17(7-9-22-2)13(19)10-18-14(20)11-23-12-4-3-5-16-15(12)18/h3-5H,6-11H2,1-2H3. The molecule has 2 heterocycles. The van der Waals surface area contributed by atoms with Crippen molar-refractivity contribution < 1.29 is 23.8 Å². The van der Waals surface area contributed by atoms with Crippen molar-refractivity contribution in [1.29, 1.82) is 0 Å². The summed E-state index contributed by atoms with van der Waals surface area (Å²) in [5, 5.41) is 0. The molecule has 0 atom stereocenters. The van der Waals surface area contributed by atoms with Crippen LogP contribution in [0.2, 0.25) is 0 Å². The number of anilines is 1. The van der Waals surface area contributed by atoms with Crippen LogP contribution in [0.5, 0.6) is 5.75 Å². The fraction of sp³-hybridized carbons (Fsp3) is 0.533. The van der Waals surface area contributed by atoms with Crippen LogP contribution in [0.4, 0.5) is 5.82 Å². The van der Waals surface area contributed by atoms with Gasteiger partial charge in [-0.15, -0.1) is 0 Å². The maximum Gasteiger partial charge on any atom is 0.266 e. The Morgan fingerprint density at radius 2 is 2.04 bits per heavy atom. The van der Waals surface area contributed by atoms with E-state index in [1.165, 1.54) is 4.90 Å². The smallest absolute Gasteiger partial charge is 0.266 e. The first-order valence-electron chi connectivity index (χ1n) is 7.31. The van der Waals surface area contributed by atoms with Gasteiger partial charge in [0.15, 0.2) is 18.2 Å². The van der Waals surface area contributed by atoms with Crippen molar-refractivity contribution in [3.8, 4) is 5.75 Å². The van der Waals surface area contributed by atoms with Gasteiger partial charge in [-0.1, -0.05) is 0 Å². The van der Waals surface area contributed by atoms with Gasteiger partial charge in [0.25, 0.3) is 5.91 Å². The second-order valence-corrected chi connectivity index (χ2v) is 4.96. The number of carbonyl (C=O) groups is 2. The van der Waals surface area contributed by atoms with E-state index in [1.807, 2.05) is 0 Å². The molecular weight excluding hydrogens is 302 g/mol. The Morgan fingerprint density at radius 1 is 1.35 bits per heavy atom. The molecule has 8 heteroatoms. The number of fused-ring (bicyclic) bond motifs is 1. The minimum Gasteiger partial charge on any atom is -0.480 e. The molecule has 0 N–H and O–H groups in total. The van der Waals surface area contributed by atoms with Crippen LogP contribution in [0.25, 0.3) is 0 Å². The van der Waals surface area contributed by atoms with Crippen LogP contribution >= 0.6 is 0 Å². The summed E-state index contributed by atoms with van der Waals surface area (Å²) in [5.74, 6) is 0.393. The third kappa shape index (κ3) is 4.40. The fourth-order valence-corrected chi connectivity index (χ4v) is 2.20. The van der Waals surface area contributed by atoms with E-state index in [4.69, 9.17) is 14.2 Å². The van der Waals surface area contributed by atoms with Gasteiger partial charge in [-0.2, -0.15) is 0 Å². The van der Waals surface area contributed by atoms with Gasteiger partial charge in [0.2, 0.25) is 5.91 Å². The molecule has 0 spiro atoms. The van der Waals surface area contributed by atoms with Crippen LogP contribution in [-0.2, 0) is 19.1 Å². The lowest BCUT2D eigenvalue weighted by Gasteiger charge is -2.30. The highest BCUT2D eigenvalue weighted by Gasteiger charge is 2.29. The van der Waals surface area contributed by atoms with E-state index in [-0.39, 0.29) is 25.0 Å². The molecule has 0 radical (unpaired) electrons. The average molecular weight is 323 g/mol. The fourth-order valence-electron chi connectivity index (χ4n) is 2.20. The highest BCUT2D eigenvalue weighted by atomic mass is 16.5. The number of ether oxygens (including phenoxy) is 3.